The molecule has 0 aliphatic carbocycles. The molecular weight excluding hydrogens is 590 g/mol. The molecule has 1 N–H and O–H groups in total. The Morgan fingerprint density at radius 2 is 1.81 bits per heavy atom. The molecule has 0 spiro atoms. The van der Waals surface area contributed by atoms with Crippen molar-refractivity contribution in [3.63, 3.8) is 0 Å². The highest BCUT2D eigenvalue weighted by Crippen LogP contribution is 2.42. The van der Waals surface area contributed by atoms with Gasteiger partial charge in [0.15, 0.2) is 6.10 Å². The summed E-state index contributed by atoms with van der Waals surface area (Å²) >= 11 is 0. The van der Waals surface area contributed by atoms with Crippen molar-refractivity contribution < 1.29 is 24.1 Å². The van der Waals surface area contributed by atoms with Crippen LogP contribution in [0.3, 0.4) is 0 Å². The number of ether oxygens (including phenoxy) is 3. The van der Waals surface area contributed by atoms with Crippen molar-refractivity contribution in [2.24, 2.45) is 0 Å². The fourth-order valence-electron chi connectivity index (χ4n) is 6.93. The van der Waals surface area contributed by atoms with Gasteiger partial charge in [0.25, 0.3) is 0 Å². The molecule has 47 heavy (non-hydrogen) atoms. The van der Waals surface area contributed by atoms with Gasteiger partial charge in [-0.3, -0.25) is 0 Å². The number of anilines is 1. The zero-order chi connectivity index (χ0) is 33.5. The van der Waals surface area contributed by atoms with Crippen LogP contribution in [0.5, 0.6) is 5.75 Å². The van der Waals surface area contributed by atoms with Crippen LogP contribution in [-0.4, -0.2) is 57.7 Å². The lowest BCUT2D eigenvalue weighted by Crippen LogP contribution is -2.45. The van der Waals surface area contributed by atoms with Crippen molar-refractivity contribution in [3.05, 3.63) is 71.4 Å². The molecule has 3 aliphatic rings. The van der Waals surface area contributed by atoms with Crippen molar-refractivity contribution >= 4 is 17.2 Å². The lowest BCUT2D eigenvalue weighted by molar-refractivity contribution is -0.160. The number of hydrogen-bond acceptors (Lipinski definition) is 6. The largest absolute Gasteiger partial charge is 0.490 e. The molecule has 0 radical (unpaired) electrons. The number of rotatable bonds is 3. The number of nitrogens with zero attached hydrogens (tertiary/aromatic N) is 3. The van der Waals surface area contributed by atoms with E-state index in [1.54, 1.807) is 0 Å². The molecule has 1 fully saturated rings. The van der Waals surface area contributed by atoms with Crippen LogP contribution in [0.1, 0.15) is 89.5 Å². The number of aryl methyl sites for hydroxylation is 2. The number of carboxylic acid groups (broad SMARTS) is 1. The third kappa shape index (κ3) is 7.19. The van der Waals surface area contributed by atoms with Gasteiger partial charge in [0.1, 0.15) is 5.75 Å². The van der Waals surface area contributed by atoms with E-state index >= 15 is 0 Å². The maximum atomic E-state index is 12.9. The zero-order valence-electron chi connectivity index (χ0n) is 28.9. The number of piperidine rings is 1. The first kappa shape index (κ1) is 33.0. The Hall–Kier alpha value is -3.88. The Labute approximate surface area is 278 Å². The van der Waals surface area contributed by atoms with E-state index in [0.29, 0.717) is 12.2 Å². The zero-order valence-corrected chi connectivity index (χ0v) is 28.9. The molecule has 3 aliphatic heterocycles. The Balaban J connectivity index is 1.53. The molecule has 2 atom stereocenters. The Morgan fingerprint density at radius 3 is 2.53 bits per heavy atom. The molecule has 4 aromatic rings. The van der Waals surface area contributed by atoms with E-state index in [4.69, 9.17) is 19.3 Å². The number of hydrogen-bond donors (Lipinski definition) is 1. The van der Waals surface area contributed by atoms with Crippen LogP contribution in [-0.2, 0) is 14.3 Å². The summed E-state index contributed by atoms with van der Waals surface area (Å²) in [5.41, 5.74) is 7.42. The van der Waals surface area contributed by atoms with E-state index in [1.807, 2.05) is 38.4 Å². The van der Waals surface area contributed by atoms with E-state index in [-0.39, 0.29) is 11.7 Å². The van der Waals surface area contributed by atoms with Crippen molar-refractivity contribution in [2.45, 2.75) is 104 Å². The van der Waals surface area contributed by atoms with E-state index < -0.39 is 17.7 Å². The molecular formula is C39H49N3O5. The molecule has 2 aromatic heterocycles. The molecule has 8 heteroatoms. The lowest BCUT2D eigenvalue weighted by atomic mass is 9.91. The predicted octanol–water partition coefficient (Wildman–Crippen LogP) is 8.55. The van der Waals surface area contributed by atoms with Crippen molar-refractivity contribution in [3.8, 4) is 28.1 Å². The highest BCUT2D eigenvalue weighted by molar-refractivity contribution is 5.87. The fourth-order valence-corrected chi connectivity index (χ4v) is 6.93. The lowest BCUT2D eigenvalue weighted by Gasteiger charge is -2.42. The van der Waals surface area contributed by atoms with Crippen LogP contribution < -0.4 is 9.64 Å². The summed E-state index contributed by atoms with van der Waals surface area (Å²) in [6.07, 6.45) is 5.50. The third-order valence-corrected chi connectivity index (χ3v) is 9.46. The average Bonchev–Trinajstić information content (AvgIpc) is 3.43. The van der Waals surface area contributed by atoms with Gasteiger partial charge in [-0.15, -0.1) is 0 Å². The SMILES string of the molecule is Cc1ccc2c(c1)-c1cccc(c1)-c1cc3c(c([C@H](OC(C)(C)C)C(=O)O)c(C)cn3n1)N1CCC(C)(CC1)OCCCC[C@H](C)O2. The van der Waals surface area contributed by atoms with Gasteiger partial charge >= 0.3 is 5.97 Å². The number of fused-ring (bicyclic) bond motifs is 8. The van der Waals surface area contributed by atoms with Crippen LogP contribution >= 0.6 is 0 Å². The van der Waals surface area contributed by atoms with Gasteiger partial charge in [-0.1, -0.05) is 29.8 Å². The van der Waals surface area contributed by atoms with Crippen molar-refractivity contribution in [1.29, 1.82) is 0 Å². The van der Waals surface area contributed by atoms with Gasteiger partial charge in [0.05, 0.1) is 34.2 Å². The smallest absolute Gasteiger partial charge is 0.337 e. The predicted molar refractivity (Wildman–Crippen MR) is 186 cm³/mol. The second-order valence-corrected chi connectivity index (χ2v) is 14.7. The van der Waals surface area contributed by atoms with Gasteiger partial charge in [-0.05, 0) is 116 Å². The Kier molecular flexibility index (Phi) is 9.11. The van der Waals surface area contributed by atoms with Gasteiger partial charge in [0, 0.05) is 42.6 Å². The van der Waals surface area contributed by atoms with Gasteiger partial charge in [-0.25, -0.2) is 9.31 Å². The minimum absolute atomic E-state index is 0.0789. The highest BCUT2D eigenvalue weighted by atomic mass is 16.5. The van der Waals surface area contributed by atoms with Crippen LogP contribution in [0, 0.1) is 13.8 Å². The first-order valence-electron chi connectivity index (χ1n) is 17.0. The summed E-state index contributed by atoms with van der Waals surface area (Å²) < 4.78 is 21.2. The van der Waals surface area contributed by atoms with Crippen LogP contribution in [0.2, 0.25) is 0 Å². The second kappa shape index (κ2) is 13.0. The van der Waals surface area contributed by atoms with Gasteiger partial charge < -0.3 is 24.2 Å². The first-order valence-corrected chi connectivity index (χ1v) is 17.0. The minimum atomic E-state index is -1.13. The quantitative estimate of drug-likeness (QED) is 0.240. The van der Waals surface area contributed by atoms with Crippen LogP contribution in [0.4, 0.5) is 5.69 Å². The Bertz CT molecular complexity index is 1760. The molecule has 5 heterocycles. The summed E-state index contributed by atoms with van der Waals surface area (Å²) in [6, 6.07) is 16.9. The first-order chi connectivity index (χ1) is 22.3. The molecule has 0 unspecified atom stereocenters. The average molecular weight is 640 g/mol. The van der Waals surface area contributed by atoms with Crippen LogP contribution in [0.15, 0.2) is 54.7 Å². The van der Waals surface area contributed by atoms with E-state index in [2.05, 4.69) is 74.2 Å². The molecule has 0 amide bonds. The number of aromatic nitrogens is 2. The minimum Gasteiger partial charge on any atom is -0.490 e. The summed E-state index contributed by atoms with van der Waals surface area (Å²) in [5, 5.41) is 15.6. The Morgan fingerprint density at radius 1 is 1.06 bits per heavy atom. The standard InChI is InChI=1S/C39H49N3O5/c1-25-14-15-33-30(21-25)28-12-10-13-29(22-28)31-23-32-35(34(26(2)24-42(32)40-31)36(37(43)44)47-38(4,5)6)41-18-16-39(7,17-19-41)45-20-9-8-11-27(3)46-33/h10,12-15,21-24,27,36H,8-9,11,16-20H2,1-7H3,(H,43,44)/t27-,36-/m0/s1. The summed E-state index contributed by atoms with van der Waals surface area (Å²) in [5.74, 6) is -0.127. The molecule has 8 nitrogen and oxygen atoms in total. The summed E-state index contributed by atoms with van der Waals surface area (Å²) in [4.78, 5) is 15.2. The number of benzene rings is 2. The van der Waals surface area contributed by atoms with Gasteiger partial charge in [-0.2, -0.15) is 5.10 Å². The summed E-state index contributed by atoms with van der Waals surface area (Å²) in [6.45, 7) is 16.3. The second-order valence-electron chi connectivity index (χ2n) is 14.7. The van der Waals surface area contributed by atoms with Crippen molar-refractivity contribution in [1.82, 2.24) is 9.61 Å². The number of aliphatic carboxylic acids is 1. The topological polar surface area (TPSA) is 85.5 Å². The molecule has 1 saturated heterocycles. The molecule has 2 aromatic carbocycles. The normalized spacial score (nSPS) is 21.3. The number of carbonyl (C=O) groups is 1. The number of pyridine rings is 1. The highest BCUT2D eigenvalue weighted by Gasteiger charge is 2.37. The maximum absolute atomic E-state index is 12.9. The molecule has 250 valence electrons. The molecule has 7 rings (SSSR count). The molecule has 0 saturated carbocycles. The molecule has 6 bridgehead atoms. The van der Waals surface area contributed by atoms with E-state index in [0.717, 1.165) is 90.1 Å². The third-order valence-electron chi connectivity index (χ3n) is 9.46. The van der Waals surface area contributed by atoms with E-state index in [9.17, 15) is 9.90 Å². The monoisotopic (exact) mass is 639 g/mol. The number of carboxylic acids is 1. The summed E-state index contributed by atoms with van der Waals surface area (Å²) in [7, 11) is 0. The van der Waals surface area contributed by atoms with Crippen LogP contribution in [0.25, 0.3) is 27.9 Å². The van der Waals surface area contributed by atoms with E-state index in [1.165, 1.54) is 5.56 Å². The van der Waals surface area contributed by atoms with Gasteiger partial charge in [0.2, 0.25) is 0 Å². The fraction of sp³-hybridized carbons (Fsp3) is 0.487. The van der Waals surface area contributed by atoms with Crippen molar-refractivity contribution in [2.75, 3.05) is 24.6 Å². The maximum Gasteiger partial charge on any atom is 0.337 e.